The maximum absolute atomic E-state index is 11.8. The zero-order valence-electron chi connectivity index (χ0n) is 10.3. The van der Waals surface area contributed by atoms with Crippen molar-refractivity contribution in [2.45, 2.75) is 6.92 Å². The monoisotopic (exact) mass is 242 g/mol. The normalized spacial score (nSPS) is 12.2. The van der Waals surface area contributed by atoms with E-state index in [0.29, 0.717) is 5.56 Å². The number of nitrogens with zero attached hydrogens (tertiary/aromatic N) is 2. The number of ketones is 1. The van der Waals surface area contributed by atoms with E-state index in [1.807, 2.05) is 25.1 Å². The summed E-state index contributed by atoms with van der Waals surface area (Å²) < 4.78 is 6.79. The third-order valence-electron chi connectivity index (χ3n) is 2.40. The smallest absolute Gasteiger partial charge is 0.188 e. The van der Waals surface area contributed by atoms with E-state index in [-0.39, 0.29) is 5.78 Å². The standard InChI is InChI=1S/C14H14N2O2/c1-11(8-13-4-3-7-18-13)5-6-14(17)12-9-15-16(2)10-12/h3-10H,1-2H3/b6-5+,11-8+. The number of carbonyl (C=O) groups is 1. The Morgan fingerprint density at radius 1 is 1.44 bits per heavy atom. The first kappa shape index (κ1) is 12.1. The van der Waals surface area contributed by atoms with Gasteiger partial charge in [0.25, 0.3) is 0 Å². The number of hydrogen-bond acceptors (Lipinski definition) is 3. The highest BCUT2D eigenvalue weighted by molar-refractivity contribution is 6.04. The minimum Gasteiger partial charge on any atom is -0.465 e. The Labute approximate surface area is 105 Å². The molecule has 2 aromatic heterocycles. The first-order chi connectivity index (χ1) is 8.65. The van der Waals surface area contributed by atoms with Crippen LogP contribution in [0.5, 0.6) is 0 Å². The largest absolute Gasteiger partial charge is 0.465 e. The molecule has 0 N–H and O–H groups in total. The van der Waals surface area contributed by atoms with E-state index < -0.39 is 0 Å². The third-order valence-corrected chi connectivity index (χ3v) is 2.40. The van der Waals surface area contributed by atoms with Gasteiger partial charge in [0.2, 0.25) is 0 Å². The van der Waals surface area contributed by atoms with Gasteiger partial charge in [0.05, 0.1) is 18.0 Å². The van der Waals surface area contributed by atoms with E-state index in [1.54, 1.807) is 36.5 Å². The topological polar surface area (TPSA) is 48.0 Å². The van der Waals surface area contributed by atoms with Gasteiger partial charge in [-0.15, -0.1) is 0 Å². The van der Waals surface area contributed by atoms with Crippen molar-refractivity contribution < 1.29 is 9.21 Å². The molecule has 0 aliphatic carbocycles. The van der Waals surface area contributed by atoms with Crippen molar-refractivity contribution in [2.75, 3.05) is 0 Å². The van der Waals surface area contributed by atoms with E-state index in [2.05, 4.69) is 5.10 Å². The van der Waals surface area contributed by atoms with Crippen LogP contribution in [-0.2, 0) is 7.05 Å². The van der Waals surface area contributed by atoms with E-state index >= 15 is 0 Å². The van der Waals surface area contributed by atoms with Crippen LogP contribution in [0.4, 0.5) is 0 Å². The predicted molar refractivity (Wildman–Crippen MR) is 69.0 cm³/mol. The lowest BCUT2D eigenvalue weighted by Crippen LogP contribution is -1.92. The fourth-order valence-corrected chi connectivity index (χ4v) is 1.50. The lowest BCUT2D eigenvalue weighted by Gasteiger charge is -1.91. The van der Waals surface area contributed by atoms with Crippen molar-refractivity contribution in [2.24, 2.45) is 7.05 Å². The molecule has 4 heteroatoms. The lowest BCUT2D eigenvalue weighted by molar-refractivity contribution is 0.104. The molecule has 0 aliphatic rings. The molecule has 0 saturated carbocycles. The minimum atomic E-state index is -0.0599. The number of furan rings is 1. The van der Waals surface area contributed by atoms with Crippen LogP contribution in [0, 0.1) is 0 Å². The Morgan fingerprint density at radius 3 is 2.89 bits per heavy atom. The summed E-state index contributed by atoms with van der Waals surface area (Å²) in [7, 11) is 1.78. The molecule has 0 atom stereocenters. The molecule has 0 aliphatic heterocycles. The first-order valence-electron chi connectivity index (χ1n) is 5.58. The second-order valence-electron chi connectivity index (χ2n) is 4.00. The zero-order valence-corrected chi connectivity index (χ0v) is 10.3. The summed E-state index contributed by atoms with van der Waals surface area (Å²) in [5.74, 6) is 0.710. The van der Waals surface area contributed by atoms with Crippen LogP contribution in [0.2, 0.25) is 0 Å². The molecule has 0 bridgehead atoms. The van der Waals surface area contributed by atoms with Gasteiger partial charge in [-0.3, -0.25) is 9.48 Å². The van der Waals surface area contributed by atoms with Crippen molar-refractivity contribution in [1.82, 2.24) is 9.78 Å². The van der Waals surface area contributed by atoms with Gasteiger partial charge in [0, 0.05) is 13.2 Å². The molecule has 2 rings (SSSR count). The number of aromatic nitrogens is 2. The van der Waals surface area contributed by atoms with Gasteiger partial charge in [0.1, 0.15) is 5.76 Å². The molecular formula is C14H14N2O2. The van der Waals surface area contributed by atoms with Crippen LogP contribution >= 0.6 is 0 Å². The Bertz CT molecular complexity index is 589. The van der Waals surface area contributed by atoms with Crippen LogP contribution < -0.4 is 0 Å². The van der Waals surface area contributed by atoms with Crippen LogP contribution in [-0.4, -0.2) is 15.6 Å². The van der Waals surface area contributed by atoms with Gasteiger partial charge in [-0.25, -0.2) is 0 Å². The van der Waals surface area contributed by atoms with Gasteiger partial charge < -0.3 is 4.42 Å². The molecule has 2 heterocycles. The number of hydrogen-bond donors (Lipinski definition) is 0. The summed E-state index contributed by atoms with van der Waals surface area (Å²) in [5.41, 5.74) is 1.53. The molecule has 2 aromatic rings. The summed E-state index contributed by atoms with van der Waals surface area (Å²) in [6.45, 7) is 1.91. The van der Waals surface area contributed by atoms with Gasteiger partial charge in [-0.1, -0.05) is 6.08 Å². The fraction of sp³-hybridized carbons (Fsp3) is 0.143. The van der Waals surface area contributed by atoms with Crippen molar-refractivity contribution in [3.63, 3.8) is 0 Å². The maximum atomic E-state index is 11.8. The molecule has 18 heavy (non-hydrogen) atoms. The zero-order chi connectivity index (χ0) is 13.0. The summed E-state index contributed by atoms with van der Waals surface area (Å²) in [6, 6.07) is 3.68. The average molecular weight is 242 g/mol. The van der Waals surface area contributed by atoms with E-state index in [4.69, 9.17) is 4.42 Å². The van der Waals surface area contributed by atoms with Crippen LogP contribution in [0.3, 0.4) is 0 Å². The lowest BCUT2D eigenvalue weighted by atomic mass is 10.1. The Morgan fingerprint density at radius 2 is 2.28 bits per heavy atom. The summed E-state index contributed by atoms with van der Waals surface area (Å²) in [4.78, 5) is 11.8. The SMILES string of the molecule is CC(/C=C/C(=O)c1cnn(C)c1)=C\c1ccco1. The average Bonchev–Trinajstić information content (AvgIpc) is 2.97. The number of carbonyl (C=O) groups excluding carboxylic acids is 1. The minimum absolute atomic E-state index is 0.0599. The first-order valence-corrected chi connectivity index (χ1v) is 5.58. The number of rotatable bonds is 4. The van der Waals surface area contributed by atoms with Crippen LogP contribution in [0.15, 0.2) is 52.9 Å². The fourth-order valence-electron chi connectivity index (χ4n) is 1.50. The van der Waals surface area contributed by atoms with E-state index in [0.717, 1.165) is 11.3 Å². The Hall–Kier alpha value is -2.36. The quantitative estimate of drug-likeness (QED) is 0.470. The highest BCUT2D eigenvalue weighted by atomic mass is 16.3. The molecule has 0 radical (unpaired) electrons. The van der Waals surface area contributed by atoms with Crippen molar-refractivity contribution in [3.05, 3.63) is 59.8 Å². The van der Waals surface area contributed by atoms with Crippen LogP contribution in [0.1, 0.15) is 23.0 Å². The summed E-state index contributed by atoms with van der Waals surface area (Å²) >= 11 is 0. The molecule has 0 saturated heterocycles. The van der Waals surface area contributed by atoms with E-state index in [1.165, 1.54) is 6.08 Å². The Balaban J connectivity index is 2.05. The van der Waals surface area contributed by atoms with Gasteiger partial charge in [-0.2, -0.15) is 5.10 Å². The highest BCUT2D eigenvalue weighted by Gasteiger charge is 2.03. The van der Waals surface area contributed by atoms with Crippen molar-refractivity contribution >= 4 is 11.9 Å². The molecule has 92 valence electrons. The highest BCUT2D eigenvalue weighted by Crippen LogP contribution is 2.08. The predicted octanol–water partition coefficient (Wildman–Crippen LogP) is 2.86. The van der Waals surface area contributed by atoms with Crippen molar-refractivity contribution in [3.8, 4) is 0 Å². The van der Waals surface area contributed by atoms with Gasteiger partial charge in [0.15, 0.2) is 5.78 Å². The molecule has 0 unspecified atom stereocenters. The second-order valence-corrected chi connectivity index (χ2v) is 4.00. The molecule has 0 spiro atoms. The third kappa shape index (κ3) is 3.07. The van der Waals surface area contributed by atoms with E-state index in [9.17, 15) is 4.79 Å². The number of allylic oxidation sites excluding steroid dienone is 3. The number of aryl methyl sites for hydroxylation is 1. The second kappa shape index (κ2) is 5.31. The molecule has 0 amide bonds. The summed E-state index contributed by atoms with van der Waals surface area (Å²) in [6.07, 6.45) is 10.0. The van der Waals surface area contributed by atoms with Crippen LogP contribution in [0.25, 0.3) is 6.08 Å². The molecule has 0 aromatic carbocycles. The van der Waals surface area contributed by atoms with Gasteiger partial charge >= 0.3 is 0 Å². The Kier molecular flexibility index (Phi) is 3.57. The maximum Gasteiger partial charge on any atom is 0.188 e. The molecule has 0 fully saturated rings. The molecular weight excluding hydrogens is 228 g/mol. The van der Waals surface area contributed by atoms with Crippen molar-refractivity contribution in [1.29, 1.82) is 0 Å². The summed E-state index contributed by atoms with van der Waals surface area (Å²) in [5, 5.41) is 3.96. The van der Waals surface area contributed by atoms with Gasteiger partial charge in [-0.05, 0) is 36.8 Å². The molecule has 4 nitrogen and oxygen atoms in total.